The molecule has 1 fully saturated rings. The lowest BCUT2D eigenvalue weighted by Gasteiger charge is -2.17. The van der Waals surface area contributed by atoms with Gasteiger partial charge < -0.3 is 9.84 Å². The standard InChI is InChI=1S/C13H14ClN3O2S/c14-8-5-6-10-11(7-8)19-16-12(10)17(20)13(18)15-9-3-1-2-4-9/h5-7,9,20H,1-4H2,(H,15,18). The number of amides is 2. The predicted octanol–water partition coefficient (Wildman–Crippen LogP) is 3.78. The van der Waals surface area contributed by atoms with Gasteiger partial charge in [-0.25, -0.2) is 9.10 Å². The molecule has 1 saturated carbocycles. The molecule has 0 unspecified atom stereocenters. The van der Waals surface area contributed by atoms with Crippen molar-refractivity contribution >= 4 is 47.2 Å². The van der Waals surface area contributed by atoms with Gasteiger partial charge in [0.15, 0.2) is 11.4 Å². The van der Waals surface area contributed by atoms with Crippen LogP contribution in [0.15, 0.2) is 22.7 Å². The number of anilines is 1. The monoisotopic (exact) mass is 311 g/mol. The number of fused-ring (bicyclic) bond motifs is 1. The smallest absolute Gasteiger partial charge is 0.333 e. The molecule has 1 aromatic heterocycles. The molecule has 0 saturated heterocycles. The number of carbonyl (C=O) groups excluding carboxylic acids is 1. The average molecular weight is 312 g/mol. The number of carbonyl (C=O) groups is 1. The molecule has 2 aromatic rings. The summed E-state index contributed by atoms with van der Waals surface area (Å²) in [5.74, 6) is 0.371. The van der Waals surface area contributed by atoms with Crippen LogP contribution >= 0.6 is 24.4 Å². The number of nitrogens with one attached hydrogen (secondary N) is 1. The quantitative estimate of drug-likeness (QED) is 0.830. The zero-order valence-electron chi connectivity index (χ0n) is 10.7. The van der Waals surface area contributed by atoms with Crippen LogP contribution < -0.4 is 9.62 Å². The van der Waals surface area contributed by atoms with Gasteiger partial charge in [0.25, 0.3) is 0 Å². The Morgan fingerprint density at radius 2 is 2.20 bits per heavy atom. The van der Waals surface area contributed by atoms with E-state index >= 15 is 0 Å². The zero-order valence-corrected chi connectivity index (χ0v) is 12.3. The molecular formula is C13H14ClN3O2S. The number of hydrogen-bond acceptors (Lipinski definition) is 4. The summed E-state index contributed by atoms with van der Waals surface area (Å²) in [5.41, 5.74) is 0.528. The van der Waals surface area contributed by atoms with Gasteiger partial charge in [-0.3, -0.25) is 0 Å². The number of hydrogen-bond donors (Lipinski definition) is 2. The van der Waals surface area contributed by atoms with Gasteiger partial charge in [0.1, 0.15) is 0 Å². The fraction of sp³-hybridized carbons (Fsp3) is 0.385. The van der Waals surface area contributed by atoms with Gasteiger partial charge in [-0.05, 0) is 25.0 Å². The fourth-order valence-electron chi connectivity index (χ4n) is 2.45. The topological polar surface area (TPSA) is 58.4 Å². The minimum absolute atomic E-state index is 0.227. The van der Waals surface area contributed by atoms with E-state index in [0.29, 0.717) is 21.8 Å². The molecule has 5 nitrogen and oxygen atoms in total. The van der Waals surface area contributed by atoms with E-state index in [-0.39, 0.29) is 12.1 Å². The van der Waals surface area contributed by atoms with Gasteiger partial charge in [-0.2, -0.15) is 0 Å². The lowest BCUT2D eigenvalue weighted by atomic mass is 10.2. The Morgan fingerprint density at radius 1 is 1.45 bits per heavy atom. The second-order valence-corrected chi connectivity index (χ2v) is 5.73. The molecule has 106 valence electrons. The molecule has 0 aliphatic heterocycles. The first-order valence-corrected chi connectivity index (χ1v) is 7.27. The molecule has 1 aliphatic rings. The molecule has 3 rings (SSSR count). The maximum Gasteiger partial charge on any atom is 0.333 e. The SMILES string of the molecule is O=C(NC1CCCC1)N(S)c1noc2cc(Cl)ccc12. The molecule has 0 radical (unpaired) electrons. The van der Waals surface area contributed by atoms with E-state index in [0.717, 1.165) is 25.7 Å². The minimum Gasteiger partial charge on any atom is -0.354 e. The lowest BCUT2D eigenvalue weighted by Crippen LogP contribution is -2.39. The number of aromatic nitrogens is 1. The second kappa shape index (κ2) is 5.54. The third-order valence-corrected chi connectivity index (χ3v) is 4.10. The van der Waals surface area contributed by atoms with Crippen LogP contribution in [0.3, 0.4) is 0 Å². The Hall–Kier alpha value is -1.40. The van der Waals surface area contributed by atoms with E-state index in [2.05, 4.69) is 23.3 Å². The summed E-state index contributed by atoms with van der Waals surface area (Å²) in [4.78, 5) is 12.1. The molecule has 1 heterocycles. The van der Waals surface area contributed by atoms with Crippen LogP contribution in [0.25, 0.3) is 11.0 Å². The summed E-state index contributed by atoms with van der Waals surface area (Å²) < 4.78 is 6.34. The predicted molar refractivity (Wildman–Crippen MR) is 81.3 cm³/mol. The summed E-state index contributed by atoms with van der Waals surface area (Å²) in [7, 11) is 0. The van der Waals surface area contributed by atoms with Crippen LogP contribution in [-0.4, -0.2) is 17.2 Å². The van der Waals surface area contributed by atoms with Gasteiger partial charge in [-0.15, -0.1) is 0 Å². The zero-order chi connectivity index (χ0) is 14.1. The normalized spacial score (nSPS) is 15.7. The van der Waals surface area contributed by atoms with Crippen LogP contribution in [0.4, 0.5) is 10.6 Å². The number of rotatable bonds is 2. The average Bonchev–Trinajstić information content (AvgIpc) is 3.06. The fourth-order valence-corrected chi connectivity index (χ4v) is 2.82. The van der Waals surface area contributed by atoms with Crippen molar-refractivity contribution in [3.63, 3.8) is 0 Å². The molecule has 0 bridgehead atoms. The number of benzene rings is 1. The Bertz CT molecular complexity index is 640. The molecule has 1 N–H and O–H groups in total. The largest absolute Gasteiger partial charge is 0.354 e. The molecule has 20 heavy (non-hydrogen) atoms. The van der Waals surface area contributed by atoms with E-state index in [1.54, 1.807) is 18.2 Å². The first kappa shape index (κ1) is 13.6. The van der Waals surface area contributed by atoms with Crippen molar-refractivity contribution in [2.75, 3.05) is 4.31 Å². The molecule has 0 spiro atoms. The van der Waals surface area contributed by atoms with Crippen LogP contribution in [0.5, 0.6) is 0 Å². The Morgan fingerprint density at radius 3 is 2.95 bits per heavy atom. The third kappa shape index (κ3) is 2.58. The van der Waals surface area contributed by atoms with E-state index < -0.39 is 0 Å². The van der Waals surface area contributed by atoms with E-state index in [4.69, 9.17) is 16.1 Å². The Balaban J connectivity index is 1.80. The first-order valence-electron chi connectivity index (χ1n) is 6.49. The van der Waals surface area contributed by atoms with Gasteiger partial charge in [-0.1, -0.05) is 42.4 Å². The van der Waals surface area contributed by atoms with Crippen molar-refractivity contribution in [1.29, 1.82) is 0 Å². The van der Waals surface area contributed by atoms with Gasteiger partial charge in [0.05, 0.1) is 5.39 Å². The van der Waals surface area contributed by atoms with E-state index in [9.17, 15) is 4.79 Å². The highest BCUT2D eigenvalue weighted by Crippen LogP contribution is 2.29. The number of urea groups is 1. The summed E-state index contributed by atoms with van der Waals surface area (Å²) >= 11 is 10.1. The first-order chi connectivity index (χ1) is 9.65. The maximum atomic E-state index is 12.1. The van der Waals surface area contributed by atoms with Crippen LogP contribution in [0.2, 0.25) is 5.02 Å². The molecule has 1 aliphatic carbocycles. The highest BCUT2D eigenvalue weighted by atomic mass is 35.5. The van der Waals surface area contributed by atoms with Crippen molar-refractivity contribution in [1.82, 2.24) is 10.5 Å². The summed E-state index contributed by atoms with van der Waals surface area (Å²) in [6, 6.07) is 5.08. The van der Waals surface area contributed by atoms with Crippen molar-refractivity contribution in [3.8, 4) is 0 Å². The van der Waals surface area contributed by atoms with Gasteiger partial charge in [0.2, 0.25) is 0 Å². The summed E-state index contributed by atoms with van der Waals surface area (Å²) in [6.07, 6.45) is 4.34. The number of halogens is 1. The van der Waals surface area contributed by atoms with Crippen molar-refractivity contribution in [3.05, 3.63) is 23.2 Å². The molecule has 0 atom stereocenters. The number of nitrogens with zero attached hydrogens (tertiary/aromatic N) is 2. The van der Waals surface area contributed by atoms with Gasteiger partial charge in [0, 0.05) is 17.1 Å². The summed E-state index contributed by atoms with van der Waals surface area (Å²) in [6.45, 7) is 0. The van der Waals surface area contributed by atoms with Gasteiger partial charge >= 0.3 is 6.03 Å². The van der Waals surface area contributed by atoms with E-state index in [1.807, 2.05) is 0 Å². The summed E-state index contributed by atoms with van der Waals surface area (Å²) in [5, 5.41) is 8.09. The second-order valence-electron chi connectivity index (χ2n) is 4.89. The molecule has 2 amide bonds. The molecular weight excluding hydrogens is 298 g/mol. The molecule has 7 heteroatoms. The van der Waals surface area contributed by atoms with Crippen LogP contribution in [0.1, 0.15) is 25.7 Å². The van der Waals surface area contributed by atoms with E-state index in [1.165, 1.54) is 4.31 Å². The van der Waals surface area contributed by atoms with Crippen molar-refractivity contribution < 1.29 is 9.32 Å². The third-order valence-electron chi connectivity index (χ3n) is 3.49. The highest BCUT2D eigenvalue weighted by molar-refractivity contribution is 7.82. The number of thiol groups is 1. The van der Waals surface area contributed by atoms with Crippen molar-refractivity contribution in [2.45, 2.75) is 31.7 Å². The lowest BCUT2D eigenvalue weighted by molar-refractivity contribution is 0.246. The van der Waals surface area contributed by atoms with Crippen molar-refractivity contribution in [2.24, 2.45) is 0 Å². The van der Waals surface area contributed by atoms with Crippen LogP contribution in [0, 0.1) is 0 Å². The molecule has 1 aromatic carbocycles. The highest BCUT2D eigenvalue weighted by Gasteiger charge is 2.23. The Labute approximate surface area is 126 Å². The van der Waals surface area contributed by atoms with Crippen LogP contribution in [-0.2, 0) is 0 Å². The minimum atomic E-state index is -0.287. The maximum absolute atomic E-state index is 12.1. The Kier molecular flexibility index (Phi) is 3.76.